The van der Waals surface area contributed by atoms with Crippen LogP contribution in [0.1, 0.15) is 16.7 Å². The van der Waals surface area contributed by atoms with Crippen LogP contribution >= 0.6 is 0 Å². The van der Waals surface area contributed by atoms with Gasteiger partial charge in [-0.25, -0.2) is 4.39 Å². The van der Waals surface area contributed by atoms with E-state index in [4.69, 9.17) is 0 Å². The van der Waals surface area contributed by atoms with Crippen LogP contribution in [-0.2, 0) is 13.0 Å². The van der Waals surface area contributed by atoms with E-state index < -0.39 is 0 Å². The quantitative estimate of drug-likeness (QED) is 0.626. The third kappa shape index (κ3) is 5.78. The summed E-state index contributed by atoms with van der Waals surface area (Å²) in [5, 5.41) is 6.49. The summed E-state index contributed by atoms with van der Waals surface area (Å²) < 4.78 is 13.6. The lowest BCUT2D eigenvalue weighted by Gasteiger charge is -2.14. The van der Waals surface area contributed by atoms with Crippen LogP contribution in [0.4, 0.5) is 10.1 Å². The maximum absolute atomic E-state index is 13.6. The molecule has 2 N–H and O–H groups in total. The molecule has 0 unspecified atom stereocenters. The number of hydrogen-bond acceptors (Lipinski definition) is 2. The SMILES string of the molecule is CN=C(NCCc1ccc(N(C)C)cc1)NCc1ccc(C)c(F)c1. The zero-order valence-electron chi connectivity index (χ0n) is 15.4. The summed E-state index contributed by atoms with van der Waals surface area (Å²) in [6.45, 7) is 3.08. The van der Waals surface area contributed by atoms with Crippen LogP contribution in [0, 0.1) is 12.7 Å². The molecule has 5 heteroatoms. The molecule has 2 aromatic rings. The van der Waals surface area contributed by atoms with Crippen molar-refractivity contribution in [3.63, 3.8) is 0 Å². The molecule has 0 aliphatic heterocycles. The van der Waals surface area contributed by atoms with Gasteiger partial charge in [0.2, 0.25) is 0 Å². The van der Waals surface area contributed by atoms with Gasteiger partial charge in [0.1, 0.15) is 5.82 Å². The maximum atomic E-state index is 13.6. The molecule has 0 saturated heterocycles. The van der Waals surface area contributed by atoms with Gasteiger partial charge < -0.3 is 15.5 Å². The van der Waals surface area contributed by atoms with E-state index in [1.165, 1.54) is 11.3 Å². The monoisotopic (exact) mass is 342 g/mol. The first kappa shape index (κ1) is 18.8. The fraction of sp³-hybridized carbons (Fsp3) is 0.350. The number of aryl methyl sites for hydroxylation is 1. The Bertz CT molecular complexity index is 708. The van der Waals surface area contributed by atoms with Crippen LogP contribution in [0.2, 0.25) is 0 Å². The van der Waals surface area contributed by atoms with Crippen LogP contribution < -0.4 is 15.5 Å². The molecular weight excluding hydrogens is 315 g/mol. The van der Waals surface area contributed by atoms with Crippen LogP contribution in [0.15, 0.2) is 47.5 Å². The fourth-order valence-electron chi connectivity index (χ4n) is 2.44. The highest BCUT2D eigenvalue weighted by atomic mass is 19.1. The molecular formula is C20H27FN4. The summed E-state index contributed by atoms with van der Waals surface area (Å²) >= 11 is 0. The molecule has 4 nitrogen and oxygen atoms in total. The van der Waals surface area contributed by atoms with Gasteiger partial charge in [-0.2, -0.15) is 0 Å². The van der Waals surface area contributed by atoms with E-state index in [9.17, 15) is 4.39 Å². The number of nitrogens with zero attached hydrogens (tertiary/aromatic N) is 2. The number of aliphatic imine (C=N–C) groups is 1. The van der Waals surface area contributed by atoms with E-state index in [1.54, 1.807) is 26.1 Å². The maximum Gasteiger partial charge on any atom is 0.191 e. The van der Waals surface area contributed by atoms with Gasteiger partial charge in [0.15, 0.2) is 5.96 Å². The zero-order chi connectivity index (χ0) is 18.2. The van der Waals surface area contributed by atoms with Gasteiger partial charge in [0, 0.05) is 39.9 Å². The predicted molar refractivity (Wildman–Crippen MR) is 104 cm³/mol. The second-order valence-electron chi connectivity index (χ2n) is 6.25. The van der Waals surface area contributed by atoms with Crippen molar-refractivity contribution in [1.82, 2.24) is 10.6 Å². The molecule has 0 amide bonds. The summed E-state index contributed by atoms with van der Waals surface area (Å²) in [7, 11) is 5.80. The molecule has 0 fully saturated rings. The standard InChI is InChI=1S/C20H27FN4/c1-15-5-6-17(13-19(15)21)14-24-20(22-2)23-12-11-16-7-9-18(10-8-16)25(3)4/h5-10,13H,11-12,14H2,1-4H3,(H2,22,23,24). The van der Waals surface area contributed by atoms with E-state index in [1.807, 2.05) is 20.2 Å². The van der Waals surface area contributed by atoms with Crippen LogP contribution in [0.25, 0.3) is 0 Å². The normalized spacial score (nSPS) is 11.3. The third-order valence-electron chi connectivity index (χ3n) is 4.08. The first-order valence-electron chi connectivity index (χ1n) is 8.45. The lowest BCUT2D eigenvalue weighted by Crippen LogP contribution is -2.37. The zero-order valence-corrected chi connectivity index (χ0v) is 15.4. The topological polar surface area (TPSA) is 39.7 Å². The van der Waals surface area contributed by atoms with Gasteiger partial charge in [-0.3, -0.25) is 4.99 Å². The third-order valence-corrected chi connectivity index (χ3v) is 4.08. The highest BCUT2D eigenvalue weighted by Gasteiger charge is 2.02. The van der Waals surface area contributed by atoms with Crippen molar-refractivity contribution in [3.8, 4) is 0 Å². The van der Waals surface area contributed by atoms with E-state index in [0.717, 1.165) is 18.5 Å². The Kier molecular flexibility index (Phi) is 6.81. The summed E-state index contributed by atoms with van der Waals surface area (Å²) in [6.07, 6.45) is 0.910. The highest BCUT2D eigenvalue weighted by Crippen LogP contribution is 2.12. The minimum Gasteiger partial charge on any atom is -0.378 e. The Morgan fingerprint density at radius 3 is 2.32 bits per heavy atom. The molecule has 2 rings (SSSR count). The highest BCUT2D eigenvalue weighted by molar-refractivity contribution is 5.79. The smallest absolute Gasteiger partial charge is 0.191 e. The number of anilines is 1. The first-order valence-corrected chi connectivity index (χ1v) is 8.45. The van der Waals surface area contributed by atoms with Gasteiger partial charge in [-0.15, -0.1) is 0 Å². The number of nitrogens with one attached hydrogen (secondary N) is 2. The van der Waals surface area contributed by atoms with Crippen LogP contribution in [0.3, 0.4) is 0 Å². The van der Waals surface area contributed by atoms with Crippen molar-refractivity contribution >= 4 is 11.6 Å². The van der Waals surface area contributed by atoms with Gasteiger partial charge >= 0.3 is 0 Å². The summed E-state index contributed by atoms with van der Waals surface area (Å²) in [6, 6.07) is 13.8. The Labute approximate surface area is 149 Å². The summed E-state index contributed by atoms with van der Waals surface area (Å²) in [5.41, 5.74) is 4.02. The minimum atomic E-state index is -0.177. The molecule has 0 aromatic heterocycles. The van der Waals surface area contributed by atoms with Gasteiger partial charge in [-0.1, -0.05) is 24.3 Å². The Morgan fingerprint density at radius 1 is 1.04 bits per heavy atom. The summed E-state index contributed by atoms with van der Waals surface area (Å²) in [4.78, 5) is 6.29. The average Bonchev–Trinajstić information content (AvgIpc) is 2.61. The van der Waals surface area contributed by atoms with Crippen LogP contribution in [0.5, 0.6) is 0 Å². The minimum absolute atomic E-state index is 0.177. The molecule has 0 radical (unpaired) electrons. The number of rotatable bonds is 6. The lowest BCUT2D eigenvalue weighted by molar-refractivity contribution is 0.615. The molecule has 0 atom stereocenters. The average molecular weight is 342 g/mol. The van der Waals surface area contributed by atoms with Crippen molar-refractivity contribution in [1.29, 1.82) is 0 Å². The largest absolute Gasteiger partial charge is 0.378 e. The van der Waals surface area contributed by atoms with Crippen LogP contribution in [-0.4, -0.2) is 33.6 Å². The van der Waals surface area contributed by atoms with Crippen molar-refractivity contribution in [3.05, 3.63) is 65.0 Å². The first-order chi connectivity index (χ1) is 12.0. The van der Waals surface area contributed by atoms with E-state index in [-0.39, 0.29) is 5.82 Å². The molecule has 2 aromatic carbocycles. The second-order valence-corrected chi connectivity index (χ2v) is 6.25. The molecule has 0 aliphatic rings. The second kappa shape index (κ2) is 9.06. The number of hydrogen-bond donors (Lipinski definition) is 2. The van der Waals surface area contributed by atoms with Crippen molar-refractivity contribution in [2.75, 3.05) is 32.6 Å². The molecule has 0 heterocycles. The fourth-order valence-corrected chi connectivity index (χ4v) is 2.44. The van der Waals surface area contributed by atoms with Crippen molar-refractivity contribution in [2.24, 2.45) is 4.99 Å². The van der Waals surface area contributed by atoms with Gasteiger partial charge in [-0.05, 0) is 48.2 Å². The van der Waals surface area contributed by atoms with Crippen molar-refractivity contribution in [2.45, 2.75) is 19.9 Å². The Hall–Kier alpha value is -2.56. The number of halogens is 1. The van der Waals surface area contributed by atoms with Gasteiger partial charge in [0.25, 0.3) is 0 Å². The molecule has 134 valence electrons. The Balaban J connectivity index is 1.79. The molecule has 25 heavy (non-hydrogen) atoms. The Morgan fingerprint density at radius 2 is 1.72 bits per heavy atom. The molecule has 0 saturated carbocycles. The van der Waals surface area contributed by atoms with Gasteiger partial charge in [0.05, 0.1) is 0 Å². The van der Waals surface area contributed by atoms with Crippen molar-refractivity contribution < 1.29 is 4.39 Å². The van der Waals surface area contributed by atoms with E-state index >= 15 is 0 Å². The number of benzene rings is 2. The number of guanidine groups is 1. The summed E-state index contributed by atoms with van der Waals surface area (Å²) in [5.74, 6) is 0.536. The molecule has 0 spiro atoms. The lowest BCUT2D eigenvalue weighted by atomic mass is 10.1. The van der Waals surface area contributed by atoms with E-state index in [2.05, 4.69) is 44.8 Å². The molecule has 0 bridgehead atoms. The van der Waals surface area contributed by atoms with E-state index in [0.29, 0.717) is 18.1 Å². The molecule has 0 aliphatic carbocycles. The predicted octanol–water partition coefficient (Wildman–Crippen LogP) is 3.11.